The second-order valence-corrected chi connectivity index (χ2v) is 21.6. The van der Waals surface area contributed by atoms with Gasteiger partial charge < -0.3 is 44.5 Å². The Balaban J connectivity index is 0.000000343. The highest BCUT2D eigenvalue weighted by Crippen LogP contribution is 2.42. The average Bonchev–Trinajstić information content (AvgIpc) is 3.55. The maximum Gasteiger partial charge on any atom is 0.317 e. The molecule has 1 aliphatic carbocycles. The van der Waals surface area contributed by atoms with Crippen LogP contribution in [0.1, 0.15) is 71.4 Å². The number of carbonyl (C=O) groups excluding carboxylic acids is 4. The van der Waals surface area contributed by atoms with E-state index in [0.717, 1.165) is 53.6 Å². The van der Waals surface area contributed by atoms with E-state index in [2.05, 4.69) is 63.3 Å². The number of benzene rings is 2. The van der Waals surface area contributed by atoms with Crippen molar-refractivity contribution in [1.82, 2.24) is 20.3 Å². The third-order valence-corrected chi connectivity index (χ3v) is 11.0. The van der Waals surface area contributed by atoms with Crippen molar-refractivity contribution in [3.63, 3.8) is 0 Å². The molecule has 0 saturated carbocycles. The van der Waals surface area contributed by atoms with E-state index in [0.29, 0.717) is 53.4 Å². The van der Waals surface area contributed by atoms with Crippen molar-refractivity contribution < 1.29 is 57.3 Å². The number of methoxy groups -OCH3 is 1. The summed E-state index contributed by atoms with van der Waals surface area (Å²) in [6.07, 6.45) is 14.8. The SMILES string of the molecule is C#CCN1C(=O)COc2cc(F)c(N3C(=O)C4=C(CCCC4)C3=O)cc21.CCNc1nc(Cl)nc(NC(C)C)n1.CCc1cccc(C)c1N(C(=O)CCl)C(C)COC.C[S+](C)C.O=C(O)CNCP(=O)([O-])O. The minimum atomic E-state index is -4.35. The Bertz CT molecular complexity index is 2480. The van der Waals surface area contributed by atoms with E-state index in [1.165, 1.54) is 11.0 Å². The molecule has 3 aliphatic rings. The summed E-state index contributed by atoms with van der Waals surface area (Å²) in [7, 11) is -2.07. The van der Waals surface area contributed by atoms with E-state index in [1.807, 2.05) is 52.1 Å². The molecule has 0 radical (unpaired) electrons. The van der Waals surface area contributed by atoms with Crippen LogP contribution in [0.3, 0.4) is 0 Å². The number of carboxylic acid groups (broad SMARTS) is 1. The number of aromatic nitrogens is 3. The van der Waals surface area contributed by atoms with Gasteiger partial charge in [-0.05, 0) is 106 Å². The average molecular weight is 1100 g/mol. The van der Waals surface area contributed by atoms with Gasteiger partial charge in [-0.3, -0.25) is 34.2 Å². The van der Waals surface area contributed by atoms with Crippen molar-refractivity contribution in [3.8, 4) is 18.1 Å². The molecule has 1 aromatic heterocycles. The lowest BCUT2D eigenvalue weighted by Gasteiger charge is -2.31. The number of anilines is 5. The number of hydrogen-bond acceptors (Lipinski definition) is 15. The first-order valence-electron chi connectivity index (χ1n) is 23.0. The van der Waals surface area contributed by atoms with Gasteiger partial charge in [-0.1, -0.05) is 31.0 Å². The molecule has 5 N–H and O–H groups in total. The van der Waals surface area contributed by atoms with Gasteiger partial charge in [-0.25, -0.2) is 9.29 Å². The van der Waals surface area contributed by atoms with Crippen molar-refractivity contribution in [2.24, 2.45) is 0 Å². The summed E-state index contributed by atoms with van der Waals surface area (Å²) in [5.74, 6) is 0.115. The molecule has 25 heteroatoms. The van der Waals surface area contributed by atoms with Crippen molar-refractivity contribution in [2.75, 3.05) is 96.2 Å². The van der Waals surface area contributed by atoms with Crippen LogP contribution in [-0.4, -0.2) is 138 Å². The zero-order valence-corrected chi connectivity index (χ0v) is 46.1. The van der Waals surface area contributed by atoms with Crippen molar-refractivity contribution in [1.29, 1.82) is 0 Å². The molecule has 2 unspecified atom stereocenters. The van der Waals surface area contributed by atoms with Gasteiger partial charge in [0.2, 0.25) is 23.1 Å². The smallest absolute Gasteiger partial charge is 0.317 e. The predicted octanol–water partition coefficient (Wildman–Crippen LogP) is 5.53. The Morgan fingerprint density at radius 1 is 1.05 bits per heavy atom. The third-order valence-electron chi connectivity index (χ3n) is 9.98. The lowest BCUT2D eigenvalue weighted by Crippen LogP contribution is -2.43. The molecule has 0 spiro atoms. The number of imide groups is 1. The zero-order valence-electron chi connectivity index (χ0n) is 42.8. The zero-order chi connectivity index (χ0) is 55.2. The van der Waals surface area contributed by atoms with Crippen LogP contribution in [-0.2, 0) is 50.6 Å². The summed E-state index contributed by atoms with van der Waals surface area (Å²) in [6, 6.07) is 8.68. The lowest BCUT2D eigenvalue weighted by molar-refractivity contribution is -0.193. The third kappa shape index (κ3) is 20.5. The van der Waals surface area contributed by atoms with E-state index < -0.39 is 44.0 Å². The maximum absolute atomic E-state index is 14.7. The number of nitrogens with zero attached hydrogens (tertiary/aromatic N) is 6. The molecule has 0 fully saturated rings. The number of fused-ring (bicyclic) bond motifs is 1. The van der Waals surface area contributed by atoms with E-state index >= 15 is 0 Å². The summed E-state index contributed by atoms with van der Waals surface area (Å²) in [4.78, 5) is 93.3. The largest absolute Gasteiger partial charge is 0.778 e. The number of alkyl halides is 1. The van der Waals surface area contributed by atoms with E-state index in [-0.39, 0.29) is 65.3 Å². The molecule has 2 atom stereocenters. The van der Waals surface area contributed by atoms with Crippen molar-refractivity contribution in [2.45, 2.75) is 85.7 Å². The van der Waals surface area contributed by atoms with E-state index in [4.69, 9.17) is 49.1 Å². The molecule has 2 aromatic carbocycles. The monoisotopic (exact) mass is 1100 g/mol. The Labute approximate surface area is 439 Å². The molecule has 4 amide bonds. The molecule has 402 valence electrons. The molecule has 0 bridgehead atoms. The van der Waals surface area contributed by atoms with Crippen molar-refractivity contribution >= 4 is 100 Å². The van der Waals surface area contributed by atoms with Gasteiger partial charge in [0.05, 0.1) is 67.9 Å². The lowest BCUT2D eigenvalue weighted by atomic mass is 9.93. The number of hydrogen-bond donors (Lipinski definition) is 5. The molecule has 6 rings (SSSR count). The first-order chi connectivity index (χ1) is 34.3. The number of para-hydroxylation sites is 1. The van der Waals surface area contributed by atoms with Gasteiger partial charge >= 0.3 is 5.97 Å². The minimum absolute atomic E-state index is 0.0170. The van der Waals surface area contributed by atoms with Gasteiger partial charge in [-0.15, -0.1) is 18.0 Å². The summed E-state index contributed by atoms with van der Waals surface area (Å²) < 4.78 is 35.1. The molecule has 73 heavy (non-hydrogen) atoms. The van der Waals surface area contributed by atoms with Crippen molar-refractivity contribution in [3.05, 3.63) is 63.7 Å². The summed E-state index contributed by atoms with van der Waals surface area (Å²) in [5.41, 5.74) is 4.20. The predicted molar refractivity (Wildman–Crippen MR) is 284 cm³/mol. The highest BCUT2D eigenvalue weighted by atomic mass is 35.5. The topological polar surface area (TPSA) is 269 Å². The van der Waals surface area contributed by atoms with Crippen LogP contribution in [0, 0.1) is 25.1 Å². The van der Waals surface area contributed by atoms with Crippen LogP contribution >= 0.6 is 30.8 Å². The van der Waals surface area contributed by atoms with Crippen LogP contribution in [0.4, 0.5) is 33.3 Å². The number of carboxylic acids is 1. The summed E-state index contributed by atoms with van der Waals surface area (Å²) in [6.45, 7) is 12.5. The molecule has 3 heterocycles. The first kappa shape index (κ1) is 63.7. The van der Waals surface area contributed by atoms with Crippen LogP contribution in [0.25, 0.3) is 0 Å². The maximum atomic E-state index is 14.7. The molecular weight excluding hydrogens is 1030 g/mol. The second kappa shape index (κ2) is 31.4. The molecule has 3 aromatic rings. The van der Waals surface area contributed by atoms with Crippen LogP contribution < -0.4 is 40.3 Å². The van der Waals surface area contributed by atoms with Crippen LogP contribution in [0.5, 0.6) is 5.75 Å². The number of carbonyl (C=O) groups is 5. The standard InChI is InChI=1S/C19H15FN2O4.C15H22ClNO2.C8H14ClN5.C3H8NO5P.C3H9S/c1-2-7-21-15-9-14(13(20)8-16(15)26-10-17(21)23)22-18(24)11-5-3-4-6-12(11)19(22)25;1-5-13-8-6-7-11(2)15(13)17(14(18)9-16)12(3)10-19-4;1-4-10-7-12-6(9)13-8(14-7)11-5(2)3;5-3(6)1-4-2-10(7,8)9;1-4(2)3/h1,8-9H,3-7,10H2;6-8,12H,5,9-10H2,1-4H3;5H,4H2,1-3H3,(H2,10,11,12,13,14);4H,1-2H2,(H,5,6)(H2,7,8,9);1-3H3/q;;;;+1/p-1. The number of amides is 4. The number of terminal acetylenes is 1. The van der Waals surface area contributed by atoms with Gasteiger partial charge in [0, 0.05) is 36.9 Å². The van der Waals surface area contributed by atoms with Gasteiger partial charge in [-0.2, -0.15) is 15.0 Å². The Morgan fingerprint density at radius 3 is 2.16 bits per heavy atom. The molecular formula is C48H67Cl2FN9O11PS. The Kier molecular flexibility index (Phi) is 27.4. The first-order valence-corrected chi connectivity index (χ1v) is 28.1. The highest BCUT2D eigenvalue weighted by Gasteiger charge is 2.42. The number of aliphatic carboxylic acids is 1. The van der Waals surface area contributed by atoms with Crippen LogP contribution in [0.15, 0.2) is 41.5 Å². The summed E-state index contributed by atoms with van der Waals surface area (Å²) >= 11 is 11.5. The Hall–Kier alpha value is -5.37. The van der Waals surface area contributed by atoms with Gasteiger partial charge in [0.1, 0.15) is 19.2 Å². The fourth-order valence-electron chi connectivity index (χ4n) is 7.14. The summed E-state index contributed by atoms with van der Waals surface area (Å²) in [5, 5.41) is 16.2. The normalized spacial score (nSPS) is 14.8. The number of nitrogens with one attached hydrogen (secondary N) is 3. The number of aryl methyl sites for hydroxylation is 2. The van der Waals surface area contributed by atoms with Gasteiger partial charge in [0.25, 0.3) is 17.7 Å². The minimum Gasteiger partial charge on any atom is -0.778 e. The van der Waals surface area contributed by atoms with E-state index in [1.54, 1.807) is 12.0 Å². The quantitative estimate of drug-likeness (QED) is 0.0388. The number of ether oxygens (including phenoxy) is 2. The number of halogens is 3. The van der Waals surface area contributed by atoms with E-state index in [9.17, 15) is 37.8 Å². The highest BCUT2D eigenvalue weighted by molar-refractivity contribution is 7.94. The fraction of sp³-hybridized carbons (Fsp3) is 0.500. The molecule has 0 saturated heterocycles. The fourth-order valence-corrected chi connectivity index (χ4v) is 7.82. The number of rotatable bonds is 16. The van der Waals surface area contributed by atoms with Gasteiger partial charge in [0.15, 0.2) is 12.4 Å². The molecule has 20 nitrogen and oxygen atoms in total. The second-order valence-electron chi connectivity index (χ2n) is 16.9. The Morgan fingerprint density at radius 2 is 1.66 bits per heavy atom. The molecule has 2 aliphatic heterocycles. The van der Waals surface area contributed by atoms with Crippen LogP contribution in [0.2, 0.25) is 5.28 Å².